The number of nitrogens with zero attached hydrogens (tertiary/aromatic N) is 2. The molecule has 1 aliphatic heterocycles. The van der Waals surface area contributed by atoms with Gasteiger partial charge in [-0.25, -0.2) is 4.39 Å². The van der Waals surface area contributed by atoms with Crippen molar-refractivity contribution in [3.63, 3.8) is 0 Å². The zero-order valence-electron chi connectivity index (χ0n) is 18.7. The Morgan fingerprint density at radius 2 is 2.00 bits per heavy atom. The van der Waals surface area contributed by atoms with Crippen LogP contribution in [0.5, 0.6) is 5.75 Å². The molecule has 1 atom stereocenters. The molecule has 1 saturated carbocycles. The Labute approximate surface area is 192 Å². The molecular weight excluding hydrogens is 421 g/mol. The minimum absolute atomic E-state index is 0.111. The number of likely N-dealkylation sites (tertiary alicyclic amines) is 1. The van der Waals surface area contributed by atoms with Crippen molar-refractivity contribution in [3.8, 4) is 11.4 Å². The number of hydrogen-bond donors (Lipinski definition) is 1. The Morgan fingerprint density at radius 3 is 2.76 bits per heavy atom. The van der Waals surface area contributed by atoms with Crippen LogP contribution >= 0.6 is 0 Å². The van der Waals surface area contributed by atoms with Gasteiger partial charge in [0.1, 0.15) is 18.5 Å². The number of alkyl halides is 1. The molecular formula is C26H28FN3O3. The van der Waals surface area contributed by atoms with Crippen LogP contribution in [0.2, 0.25) is 0 Å². The molecule has 6 nitrogen and oxygen atoms in total. The minimum Gasteiger partial charge on any atom is -0.492 e. The van der Waals surface area contributed by atoms with Crippen molar-refractivity contribution < 1.29 is 13.9 Å². The zero-order valence-corrected chi connectivity index (χ0v) is 18.7. The average molecular weight is 450 g/mol. The second-order valence-electron chi connectivity index (χ2n) is 9.02. The van der Waals surface area contributed by atoms with Crippen molar-refractivity contribution >= 4 is 16.7 Å². The number of carbonyl (C=O) groups excluding carboxylic acids is 1. The SMILES string of the molecule is Cc1ccc(C(=O)NC2CC2)cc1-n1ccc2ccc(OCCN3CC[C@@H](F)C3)cc2c1=O. The second kappa shape index (κ2) is 8.98. The van der Waals surface area contributed by atoms with Gasteiger partial charge in [0.25, 0.3) is 11.5 Å². The van der Waals surface area contributed by atoms with Gasteiger partial charge in [0.2, 0.25) is 0 Å². The van der Waals surface area contributed by atoms with Gasteiger partial charge >= 0.3 is 0 Å². The van der Waals surface area contributed by atoms with Gasteiger partial charge in [0, 0.05) is 37.4 Å². The summed E-state index contributed by atoms with van der Waals surface area (Å²) >= 11 is 0. The van der Waals surface area contributed by atoms with Crippen LogP contribution in [0.15, 0.2) is 53.5 Å². The highest BCUT2D eigenvalue weighted by molar-refractivity contribution is 5.95. The van der Waals surface area contributed by atoms with Crippen LogP contribution in [0.1, 0.15) is 35.2 Å². The maximum absolute atomic E-state index is 13.4. The third kappa shape index (κ3) is 4.78. The number of pyridine rings is 1. The van der Waals surface area contributed by atoms with Crippen LogP contribution in [0.3, 0.4) is 0 Å². The number of carbonyl (C=O) groups is 1. The highest BCUT2D eigenvalue weighted by Gasteiger charge is 2.24. The standard InChI is InChI=1S/C26H28FN3O3/c1-17-2-3-19(25(31)28-21-5-6-21)14-24(17)30-11-8-18-4-7-22(15-23(18)26(30)32)33-13-12-29-10-9-20(27)16-29/h2-4,7-8,11,14-15,20-21H,5-6,9-10,12-13,16H2,1H3,(H,28,31)/t20-/m1/s1. The van der Waals surface area contributed by atoms with Gasteiger partial charge in [0.15, 0.2) is 0 Å². The van der Waals surface area contributed by atoms with Crippen LogP contribution < -0.4 is 15.6 Å². The van der Waals surface area contributed by atoms with Gasteiger partial charge < -0.3 is 10.1 Å². The molecule has 5 rings (SSSR count). The molecule has 2 heterocycles. The van der Waals surface area contributed by atoms with Gasteiger partial charge in [-0.1, -0.05) is 12.1 Å². The maximum Gasteiger partial charge on any atom is 0.263 e. The fourth-order valence-corrected chi connectivity index (χ4v) is 4.29. The molecule has 3 aromatic rings. The molecule has 2 aromatic carbocycles. The lowest BCUT2D eigenvalue weighted by molar-refractivity contribution is 0.0951. The molecule has 0 bridgehead atoms. The van der Waals surface area contributed by atoms with Gasteiger partial charge in [-0.15, -0.1) is 0 Å². The van der Waals surface area contributed by atoms with E-state index in [1.165, 1.54) is 0 Å². The molecule has 1 aromatic heterocycles. The quantitative estimate of drug-likeness (QED) is 0.599. The van der Waals surface area contributed by atoms with E-state index in [0.717, 1.165) is 30.3 Å². The summed E-state index contributed by atoms with van der Waals surface area (Å²) in [4.78, 5) is 27.9. The first-order chi connectivity index (χ1) is 16.0. The van der Waals surface area contributed by atoms with E-state index in [-0.39, 0.29) is 17.5 Å². The summed E-state index contributed by atoms with van der Waals surface area (Å²) in [5.74, 6) is 0.503. The first kappa shape index (κ1) is 21.6. The minimum atomic E-state index is -0.745. The molecule has 1 saturated heterocycles. The van der Waals surface area contributed by atoms with Crippen molar-refractivity contribution in [2.24, 2.45) is 0 Å². The Bertz CT molecular complexity index is 1250. The summed E-state index contributed by atoms with van der Waals surface area (Å²) in [5.41, 5.74) is 1.97. The normalized spacial score (nSPS) is 18.5. The Balaban J connectivity index is 1.39. The smallest absolute Gasteiger partial charge is 0.263 e. The van der Waals surface area contributed by atoms with Gasteiger partial charge in [-0.3, -0.25) is 19.1 Å². The largest absolute Gasteiger partial charge is 0.492 e. The molecule has 172 valence electrons. The summed E-state index contributed by atoms with van der Waals surface area (Å²) in [6.45, 7) is 4.24. The van der Waals surface area contributed by atoms with Gasteiger partial charge in [-0.05, 0) is 67.5 Å². The third-order valence-corrected chi connectivity index (χ3v) is 6.41. The molecule has 2 aliphatic rings. The average Bonchev–Trinajstić information content (AvgIpc) is 3.53. The van der Waals surface area contributed by atoms with Gasteiger partial charge in [-0.2, -0.15) is 0 Å². The van der Waals surface area contributed by atoms with E-state index in [4.69, 9.17) is 4.74 Å². The fourth-order valence-electron chi connectivity index (χ4n) is 4.29. The maximum atomic E-state index is 13.4. The predicted molar refractivity (Wildman–Crippen MR) is 126 cm³/mol. The van der Waals surface area contributed by atoms with Crippen LogP contribution in [-0.4, -0.2) is 53.8 Å². The summed E-state index contributed by atoms with van der Waals surface area (Å²) in [6.07, 6.45) is 3.63. The Morgan fingerprint density at radius 1 is 1.15 bits per heavy atom. The number of aryl methyl sites for hydroxylation is 1. The molecule has 2 fully saturated rings. The molecule has 0 spiro atoms. The third-order valence-electron chi connectivity index (χ3n) is 6.41. The number of benzene rings is 2. The zero-order chi connectivity index (χ0) is 22.9. The van der Waals surface area contributed by atoms with E-state index < -0.39 is 6.17 Å². The lowest BCUT2D eigenvalue weighted by atomic mass is 10.1. The summed E-state index contributed by atoms with van der Waals surface area (Å²) in [5, 5.41) is 4.37. The van der Waals surface area contributed by atoms with Crippen molar-refractivity contribution in [1.29, 1.82) is 0 Å². The van der Waals surface area contributed by atoms with E-state index >= 15 is 0 Å². The second-order valence-corrected chi connectivity index (χ2v) is 9.02. The first-order valence-electron chi connectivity index (χ1n) is 11.5. The predicted octanol–water partition coefficient (Wildman–Crippen LogP) is 3.61. The summed E-state index contributed by atoms with van der Waals surface area (Å²) < 4.78 is 20.8. The molecule has 0 radical (unpaired) electrons. The number of halogens is 1. The monoisotopic (exact) mass is 449 g/mol. The van der Waals surface area contributed by atoms with Crippen molar-refractivity contribution in [2.75, 3.05) is 26.2 Å². The van der Waals surface area contributed by atoms with Gasteiger partial charge in [0.05, 0.1) is 11.1 Å². The number of ether oxygens (including phenoxy) is 1. The molecule has 1 aliphatic carbocycles. The van der Waals surface area contributed by atoms with Crippen molar-refractivity contribution in [3.05, 3.63) is 70.1 Å². The molecule has 1 N–H and O–H groups in total. The molecule has 1 amide bonds. The number of hydrogen-bond acceptors (Lipinski definition) is 4. The molecule has 0 unspecified atom stereocenters. The lowest BCUT2D eigenvalue weighted by Gasteiger charge is -2.15. The number of fused-ring (bicyclic) bond motifs is 1. The van der Waals surface area contributed by atoms with E-state index in [9.17, 15) is 14.0 Å². The molecule has 33 heavy (non-hydrogen) atoms. The van der Waals surface area contributed by atoms with Crippen LogP contribution in [-0.2, 0) is 0 Å². The number of aromatic nitrogens is 1. The molecule has 7 heteroatoms. The number of amides is 1. The highest BCUT2D eigenvalue weighted by atomic mass is 19.1. The summed E-state index contributed by atoms with van der Waals surface area (Å²) in [7, 11) is 0. The fraction of sp³-hybridized carbons (Fsp3) is 0.385. The van der Waals surface area contributed by atoms with E-state index in [1.54, 1.807) is 29.0 Å². The van der Waals surface area contributed by atoms with Crippen LogP contribution in [0.25, 0.3) is 16.5 Å². The highest BCUT2D eigenvalue weighted by Crippen LogP contribution is 2.23. The topological polar surface area (TPSA) is 63.6 Å². The Hall–Kier alpha value is -3.19. The lowest BCUT2D eigenvalue weighted by Crippen LogP contribution is -2.26. The van der Waals surface area contributed by atoms with E-state index in [2.05, 4.69) is 5.32 Å². The van der Waals surface area contributed by atoms with E-state index in [0.29, 0.717) is 48.5 Å². The van der Waals surface area contributed by atoms with Crippen LogP contribution in [0.4, 0.5) is 4.39 Å². The number of nitrogens with one attached hydrogen (secondary N) is 1. The van der Waals surface area contributed by atoms with Crippen LogP contribution in [0, 0.1) is 6.92 Å². The first-order valence-corrected chi connectivity index (χ1v) is 11.5. The van der Waals surface area contributed by atoms with Crippen molar-refractivity contribution in [1.82, 2.24) is 14.8 Å². The van der Waals surface area contributed by atoms with Crippen molar-refractivity contribution in [2.45, 2.75) is 38.4 Å². The van der Waals surface area contributed by atoms with E-state index in [1.807, 2.05) is 36.1 Å². The number of rotatable bonds is 7. The summed E-state index contributed by atoms with van der Waals surface area (Å²) in [6, 6.07) is 13.1. The Kier molecular flexibility index (Phi) is 5.89.